The van der Waals surface area contributed by atoms with E-state index in [4.69, 9.17) is 14.2 Å². The number of likely N-dealkylation sites (tertiary alicyclic amines) is 1. The monoisotopic (exact) mass is 1040 g/mol. The van der Waals surface area contributed by atoms with Crippen molar-refractivity contribution >= 4 is 74.6 Å². The van der Waals surface area contributed by atoms with E-state index in [2.05, 4.69) is 38.1 Å². The van der Waals surface area contributed by atoms with E-state index >= 15 is 0 Å². The number of Topliss-reactive ketones (excluding diaryl/α,β-unsaturated/α-hetero) is 1. The first-order chi connectivity index (χ1) is 36.2. The number of para-hydroxylation sites is 1. The molecule has 2 bridgehead atoms. The molecule has 4 N–H and O–H groups in total. The third kappa shape index (κ3) is 12.1. The van der Waals surface area contributed by atoms with Crippen molar-refractivity contribution in [1.82, 2.24) is 20.2 Å². The Balaban J connectivity index is 0.639. The average molecular weight is 1040 g/mol. The van der Waals surface area contributed by atoms with Crippen LogP contribution < -0.4 is 20.9 Å². The Hall–Kier alpha value is -6.54. The molecule has 2 aliphatic carbocycles. The van der Waals surface area contributed by atoms with Crippen LogP contribution in [0.5, 0.6) is 0 Å². The largest absolute Gasteiger partial charge is 0.391 e. The Morgan fingerprint density at radius 1 is 0.813 bits per heavy atom. The van der Waals surface area contributed by atoms with Crippen LogP contribution in [-0.4, -0.2) is 120 Å². The molecule has 5 amide bonds. The predicted octanol–water partition coefficient (Wildman–Crippen LogP) is 6.98. The molecule has 7 atom stereocenters. The maximum atomic E-state index is 14.1. The maximum absolute atomic E-state index is 14.1. The van der Waals surface area contributed by atoms with E-state index in [1.807, 2.05) is 58.0 Å². The molecule has 3 fully saturated rings. The number of β-amino-alcohol motifs (C(OH)–C–C–N with tert-alkyl or cyclic N) is 1. The molecular weight excluding hydrogens is 975 g/mol. The van der Waals surface area contributed by atoms with Crippen molar-refractivity contribution in [2.45, 2.75) is 72.1 Å². The molecule has 3 aromatic carbocycles. The van der Waals surface area contributed by atoms with Crippen LogP contribution in [0.3, 0.4) is 0 Å². The van der Waals surface area contributed by atoms with Gasteiger partial charge in [0, 0.05) is 67.6 Å². The summed E-state index contributed by atoms with van der Waals surface area (Å²) in [5, 5.41) is 20.8. The van der Waals surface area contributed by atoms with E-state index in [1.54, 1.807) is 65.5 Å². The van der Waals surface area contributed by atoms with Crippen LogP contribution in [0, 0.1) is 41.9 Å². The fraction of sp³-hybridized carbons (Fsp3) is 0.439. The van der Waals surface area contributed by atoms with Gasteiger partial charge in [0.25, 0.3) is 5.91 Å². The van der Waals surface area contributed by atoms with E-state index in [9.17, 15) is 33.9 Å². The van der Waals surface area contributed by atoms with E-state index in [0.29, 0.717) is 67.7 Å². The first-order valence-electron chi connectivity index (χ1n) is 25.8. The lowest BCUT2D eigenvalue weighted by Crippen LogP contribution is -2.48. The van der Waals surface area contributed by atoms with Gasteiger partial charge >= 0.3 is 0 Å². The zero-order chi connectivity index (χ0) is 52.8. The molecule has 4 heterocycles. The number of benzene rings is 3. The lowest BCUT2D eigenvalue weighted by molar-refractivity contribution is -0.145. The second-order valence-electron chi connectivity index (χ2n) is 20.8. The van der Waals surface area contributed by atoms with Crippen LogP contribution in [0.15, 0.2) is 96.7 Å². The number of aromatic nitrogens is 2. The molecule has 2 aromatic heterocycles. The van der Waals surface area contributed by atoms with Gasteiger partial charge in [-0.1, -0.05) is 57.2 Å². The molecule has 0 spiro atoms. The van der Waals surface area contributed by atoms with Gasteiger partial charge in [-0.2, -0.15) is 0 Å². The third-order valence-corrected chi connectivity index (χ3v) is 15.8. The number of imide groups is 1. The number of carbonyl (C=O) groups is 6. The number of hydrogen-bond acceptors (Lipinski definition) is 14. The van der Waals surface area contributed by atoms with Gasteiger partial charge in [-0.3, -0.25) is 38.7 Å². The number of aryl methyl sites for hydroxylation is 1. The van der Waals surface area contributed by atoms with Crippen LogP contribution >= 0.6 is 11.3 Å². The molecule has 2 saturated heterocycles. The molecule has 4 aliphatic rings. The molecule has 9 rings (SSSR count). The predicted molar refractivity (Wildman–Crippen MR) is 285 cm³/mol. The number of anilines is 3. The van der Waals surface area contributed by atoms with E-state index < -0.39 is 23.5 Å². The quantitative estimate of drug-likeness (QED) is 0.0295. The summed E-state index contributed by atoms with van der Waals surface area (Å²) >= 11 is 1.54. The number of aliphatic hydroxyl groups excluding tert-OH is 1. The van der Waals surface area contributed by atoms with Crippen molar-refractivity contribution in [2.24, 2.45) is 35.0 Å². The van der Waals surface area contributed by atoms with Crippen molar-refractivity contribution in [2.75, 3.05) is 68.3 Å². The topological polar surface area (TPSA) is 219 Å². The summed E-state index contributed by atoms with van der Waals surface area (Å²) < 4.78 is 17.1. The summed E-state index contributed by atoms with van der Waals surface area (Å²) in [5.41, 5.74) is 6.78. The van der Waals surface area contributed by atoms with Crippen molar-refractivity contribution in [3.8, 4) is 10.4 Å². The minimum Gasteiger partial charge on any atom is -0.391 e. The van der Waals surface area contributed by atoms with Crippen molar-refractivity contribution < 1.29 is 48.1 Å². The first kappa shape index (κ1) is 53.3. The summed E-state index contributed by atoms with van der Waals surface area (Å²) in [4.78, 5) is 93.4. The molecule has 17 nitrogen and oxygen atoms in total. The number of hydrogen-bond donors (Lipinski definition) is 4. The molecule has 1 saturated carbocycles. The smallest absolute Gasteiger partial charge is 0.255 e. The van der Waals surface area contributed by atoms with Gasteiger partial charge in [0.1, 0.15) is 11.8 Å². The van der Waals surface area contributed by atoms with Gasteiger partial charge in [0.2, 0.25) is 23.6 Å². The maximum Gasteiger partial charge on any atom is 0.255 e. The normalized spacial score (nSPS) is 21.3. The lowest BCUT2D eigenvalue weighted by atomic mass is 9.76. The summed E-state index contributed by atoms with van der Waals surface area (Å²) in [6.07, 6.45) is 6.07. The van der Waals surface area contributed by atoms with Gasteiger partial charge in [-0.05, 0) is 90.3 Å². The van der Waals surface area contributed by atoms with Gasteiger partial charge < -0.3 is 40.2 Å². The number of aliphatic hydroxyl groups is 1. The van der Waals surface area contributed by atoms with E-state index in [1.165, 1.54) is 9.80 Å². The molecule has 0 radical (unpaired) electrons. The number of rotatable bonds is 23. The number of pyridine rings is 1. The Bertz CT molecular complexity index is 2910. The Labute approximate surface area is 440 Å². The minimum atomic E-state index is -0.876. The van der Waals surface area contributed by atoms with Crippen molar-refractivity contribution in [1.29, 1.82) is 0 Å². The number of carbonyl (C=O) groups excluding carboxylic acids is 6. The molecular formula is C57H65N7O10S. The molecule has 18 heteroatoms. The van der Waals surface area contributed by atoms with Gasteiger partial charge in [0.05, 0.1) is 90.6 Å². The second-order valence-corrected chi connectivity index (χ2v) is 21.7. The summed E-state index contributed by atoms with van der Waals surface area (Å²) in [5.74, 6) is -2.52. The highest BCUT2D eigenvalue weighted by atomic mass is 32.1. The molecule has 1 unspecified atom stereocenters. The number of nitrogens with zero attached hydrogens (tertiary/aromatic N) is 4. The number of amides is 5. The fourth-order valence-electron chi connectivity index (χ4n) is 10.8. The SMILES string of the molecule is Cc1ncsc1-c1ccc(NC(=O)[C@@H]2C[C@@H](O)CN2C(=O)[C@@H](CC(=O)CCOCCOCCOCCNCc2ccnc3c(NC(=O)c4ccc(N5C(=O)[C@@H]6[C@@H]7C=CC(C7)[C@@H]6C5=O)cc4)cccc23)C(C)(C)C)cc1. The number of nitrogens with one attached hydrogen (secondary N) is 3. The van der Waals surface area contributed by atoms with E-state index in [-0.39, 0.29) is 98.0 Å². The second kappa shape index (κ2) is 23.6. The third-order valence-electron chi connectivity index (χ3n) is 14.8. The highest BCUT2D eigenvalue weighted by Crippen LogP contribution is 2.53. The zero-order valence-electron chi connectivity index (χ0n) is 42.8. The summed E-state index contributed by atoms with van der Waals surface area (Å²) in [6, 6.07) is 20.7. The highest BCUT2D eigenvalue weighted by molar-refractivity contribution is 7.13. The van der Waals surface area contributed by atoms with Gasteiger partial charge in [-0.15, -0.1) is 11.3 Å². The molecule has 75 heavy (non-hydrogen) atoms. The molecule has 5 aromatic rings. The standard InChI is InChI=1S/C57H65N7O10S/c1-34-51(75-33-60-34)35-10-14-40(15-11-35)61-53(68)47-30-43(66)32-63(47)54(69)45(57(2,3)4)29-42(65)19-22-72-24-26-74-27-25-73-23-21-58-31-39-18-20-59-50-44(39)6-5-7-46(50)62-52(67)36-12-16-41(17-13-36)64-55(70)48-37-8-9-38(28-37)49(48)56(64)71/h5-18,20,33,37-38,43,45,47-49,58,66H,19,21-32H2,1-4H3,(H,61,68)(H,62,67)/t37-,38?,43-,45-,47+,48-,49+/m1/s1. The minimum absolute atomic E-state index is 0.0123. The number of thiazole rings is 1. The average Bonchev–Trinajstić information content (AvgIpc) is 4.25. The number of ketones is 1. The Morgan fingerprint density at radius 2 is 1.49 bits per heavy atom. The first-order valence-corrected chi connectivity index (χ1v) is 26.6. The van der Waals surface area contributed by atoms with Crippen LogP contribution in [0.1, 0.15) is 68.1 Å². The van der Waals surface area contributed by atoms with Crippen LogP contribution in [-0.2, 0) is 44.7 Å². The number of allylic oxidation sites excluding steroid dienone is 2. The van der Waals surface area contributed by atoms with Gasteiger partial charge in [0.15, 0.2) is 0 Å². The Kier molecular flexibility index (Phi) is 16.7. The number of fused-ring (bicyclic) bond motifs is 6. The number of ether oxygens (including phenoxy) is 3. The van der Waals surface area contributed by atoms with Gasteiger partial charge in [-0.25, -0.2) is 4.98 Å². The molecule has 394 valence electrons. The van der Waals surface area contributed by atoms with Crippen LogP contribution in [0.2, 0.25) is 0 Å². The fourth-order valence-corrected chi connectivity index (χ4v) is 11.6. The Morgan fingerprint density at radius 3 is 2.16 bits per heavy atom. The van der Waals surface area contributed by atoms with E-state index in [0.717, 1.165) is 33.5 Å². The summed E-state index contributed by atoms with van der Waals surface area (Å²) in [6.45, 7) is 10.8. The van der Waals surface area contributed by atoms with Crippen LogP contribution in [0.4, 0.5) is 17.1 Å². The van der Waals surface area contributed by atoms with Crippen molar-refractivity contribution in [3.05, 3.63) is 113 Å². The highest BCUT2D eigenvalue weighted by Gasteiger charge is 2.59. The summed E-state index contributed by atoms with van der Waals surface area (Å²) in [7, 11) is 0. The zero-order valence-corrected chi connectivity index (χ0v) is 43.6. The van der Waals surface area contributed by atoms with Crippen molar-refractivity contribution in [3.63, 3.8) is 0 Å². The molecule has 2 aliphatic heterocycles. The lowest BCUT2D eigenvalue weighted by Gasteiger charge is -2.34. The van der Waals surface area contributed by atoms with Crippen LogP contribution in [0.25, 0.3) is 21.3 Å².